The molecule has 1 aliphatic heterocycles. The minimum atomic E-state index is -0.287. The third-order valence-electron chi connectivity index (χ3n) is 5.31. The highest BCUT2D eigenvalue weighted by atomic mass is 15.3. The van der Waals surface area contributed by atoms with Crippen LogP contribution >= 0.6 is 0 Å². The molecule has 3 heteroatoms. The van der Waals surface area contributed by atoms with E-state index < -0.39 is 0 Å². The van der Waals surface area contributed by atoms with E-state index in [2.05, 4.69) is 82.0 Å². The van der Waals surface area contributed by atoms with E-state index in [-0.39, 0.29) is 5.66 Å². The van der Waals surface area contributed by atoms with Gasteiger partial charge in [-0.1, -0.05) is 36.4 Å². The van der Waals surface area contributed by atoms with Crippen molar-refractivity contribution in [2.75, 3.05) is 11.4 Å². The standard InChI is InChI=1S/C23H25N3/c1-6-26-22-16(3)10-8-12-19(22)21(25-23(26,4)5)18-13-17-11-7-9-15(2)20(17)24-14-18/h7-14H,6H2,1-5H3. The minimum Gasteiger partial charge on any atom is -0.347 e. The largest absolute Gasteiger partial charge is 0.347 e. The van der Waals surface area contributed by atoms with E-state index in [1.165, 1.54) is 22.4 Å². The normalized spacial score (nSPS) is 15.7. The molecule has 3 nitrogen and oxygen atoms in total. The lowest BCUT2D eigenvalue weighted by atomic mass is 9.93. The van der Waals surface area contributed by atoms with Gasteiger partial charge in [-0.3, -0.25) is 9.98 Å². The summed E-state index contributed by atoms with van der Waals surface area (Å²) >= 11 is 0. The van der Waals surface area contributed by atoms with Crippen LogP contribution < -0.4 is 4.90 Å². The molecule has 132 valence electrons. The highest BCUT2D eigenvalue weighted by molar-refractivity contribution is 6.18. The summed E-state index contributed by atoms with van der Waals surface area (Å²) in [5.74, 6) is 0. The number of aliphatic imine (C=N–C) groups is 1. The van der Waals surface area contributed by atoms with Crippen LogP contribution in [-0.2, 0) is 0 Å². The predicted octanol–water partition coefficient (Wildman–Crippen LogP) is 5.27. The number of anilines is 1. The molecule has 1 aromatic heterocycles. The van der Waals surface area contributed by atoms with E-state index in [9.17, 15) is 0 Å². The summed E-state index contributed by atoms with van der Waals surface area (Å²) in [5, 5.41) is 1.16. The molecule has 0 aliphatic carbocycles. The van der Waals surface area contributed by atoms with Crippen LogP contribution in [0.1, 0.15) is 43.0 Å². The number of hydrogen-bond donors (Lipinski definition) is 0. The van der Waals surface area contributed by atoms with Crippen molar-refractivity contribution in [3.05, 3.63) is 70.9 Å². The number of benzene rings is 2. The molecule has 0 fully saturated rings. The van der Waals surface area contributed by atoms with Gasteiger partial charge in [0.15, 0.2) is 0 Å². The van der Waals surface area contributed by atoms with E-state index in [0.29, 0.717) is 0 Å². The van der Waals surface area contributed by atoms with Crippen LogP contribution in [0.4, 0.5) is 5.69 Å². The number of aromatic nitrogens is 1. The first-order valence-corrected chi connectivity index (χ1v) is 9.25. The SMILES string of the molecule is CCN1c2c(C)cccc2C(c2cnc3c(C)cccc3c2)=NC1(C)C. The summed E-state index contributed by atoms with van der Waals surface area (Å²) in [6.45, 7) is 11.8. The van der Waals surface area contributed by atoms with E-state index in [1.54, 1.807) is 0 Å². The number of hydrogen-bond acceptors (Lipinski definition) is 3. The third kappa shape index (κ3) is 2.50. The first-order valence-electron chi connectivity index (χ1n) is 9.25. The zero-order chi connectivity index (χ0) is 18.5. The second kappa shape index (κ2) is 5.94. The number of nitrogens with zero attached hydrogens (tertiary/aromatic N) is 3. The Balaban J connectivity index is 1.97. The molecule has 0 N–H and O–H groups in total. The molecule has 0 saturated carbocycles. The van der Waals surface area contributed by atoms with E-state index in [1.807, 2.05) is 6.20 Å². The van der Waals surface area contributed by atoms with Crippen molar-refractivity contribution in [1.29, 1.82) is 0 Å². The van der Waals surface area contributed by atoms with Crippen molar-refractivity contribution in [2.45, 2.75) is 40.3 Å². The van der Waals surface area contributed by atoms with Gasteiger partial charge in [-0.2, -0.15) is 0 Å². The Morgan fingerprint density at radius 2 is 1.73 bits per heavy atom. The van der Waals surface area contributed by atoms with Crippen LogP contribution in [0, 0.1) is 13.8 Å². The van der Waals surface area contributed by atoms with E-state index in [0.717, 1.165) is 28.7 Å². The van der Waals surface area contributed by atoms with Crippen LogP contribution in [0.3, 0.4) is 0 Å². The lowest BCUT2D eigenvalue weighted by Crippen LogP contribution is -2.47. The molecule has 26 heavy (non-hydrogen) atoms. The molecule has 3 aromatic rings. The number of pyridine rings is 1. The number of aryl methyl sites for hydroxylation is 2. The lowest BCUT2D eigenvalue weighted by molar-refractivity contribution is 0.484. The van der Waals surface area contributed by atoms with Crippen molar-refractivity contribution in [3.8, 4) is 0 Å². The van der Waals surface area contributed by atoms with Crippen LogP contribution in [0.2, 0.25) is 0 Å². The van der Waals surface area contributed by atoms with Crippen molar-refractivity contribution in [3.63, 3.8) is 0 Å². The average molecular weight is 343 g/mol. The predicted molar refractivity (Wildman–Crippen MR) is 110 cm³/mol. The summed E-state index contributed by atoms with van der Waals surface area (Å²) < 4.78 is 0. The average Bonchev–Trinajstić information content (AvgIpc) is 2.61. The fourth-order valence-electron chi connectivity index (χ4n) is 4.08. The Kier molecular flexibility index (Phi) is 3.83. The molecule has 1 aliphatic rings. The number of rotatable bonds is 2. The van der Waals surface area contributed by atoms with Gasteiger partial charge in [-0.15, -0.1) is 0 Å². The highest BCUT2D eigenvalue weighted by Crippen LogP contribution is 2.38. The van der Waals surface area contributed by atoms with Crippen molar-refractivity contribution in [2.24, 2.45) is 4.99 Å². The van der Waals surface area contributed by atoms with Crippen LogP contribution in [0.5, 0.6) is 0 Å². The third-order valence-corrected chi connectivity index (χ3v) is 5.31. The van der Waals surface area contributed by atoms with Gasteiger partial charge < -0.3 is 4.90 Å². The molecule has 0 bridgehead atoms. The Morgan fingerprint density at radius 3 is 2.50 bits per heavy atom. The first-order chi connectivity index (χ1) is 12.4. The molecule has 0 amide bonds. The van der Waals surface area contributed by atoms with Gasteiger partial charge in [0, 0.05) is 29.3 Å². The van der Waals surface area contributed by atoms with Gasteiger partial charge >= 0.3 is 0 Å². The minimum absolute atomic E-state index is 0.287. The maximum absolute atomic E-state index is 5.15. The molecular formula is C23H25N3. The molecule has 2 aromatic carbocycles. The maximum atomic E-state index is 5.15. The Bertz CT molecular complexity index is 1030. The molecular weight excluding hydrogens is 318 g/mol. The zero-order valence-electron chi connectivity index (χ0n) is 16.2. The van der Waals surface area contributed by atoms with Gasteiger partial charge in [-0.05, 0) is 51.8 Å². The Morgan fingerprint density at radius 1 is 1.00 bits per heavy atom. The summed E-state index contributed by atoms with van der Waals surface area (Å²) in [4.78, 5) is 12.3. The Labute approximate surface area is 155 Å². The van der Waals surface area contributed by atoms with Crippen molar-refractivity contribution in [1.82, 2.24) is 4.98 Å². The first kappa shape index (κ1) is 16.8. The fraction of sp³-hybridized carbons (Fsp3) is 0.304. The fourth-order valence-corrected chi connectivity index (χ4v) is 4.08. The second-order valence-electron chi connectivity index (χ2n) is 7.54. The topological polar surface area (TPSA) is 28.5 Å². The molecule has 4 rings (SSSR count). The quantitative estimate of drug-likeness (QED) is 0.634. The van der Waals surface area contributed by atoms with Gasteiger partial charge in [0.05, 0.1) is 16.9 Å². The molecule has 2 heterocycles. The molecule has 0 atom stereocenters. The monoisotopic (exact) mass is 343 g/mol. The van der Waals surface area contributed by atoms with Crippen molar-refractivity contribution >= 4 is 22.3 Å². The zero-order valence-corrected chi connectivity index (χ0v) is 16.2. The number of fused-ring (bicyclic) bond motifs is 2. The van der Waals surface area contributed by atoms with Gasteiger partial charge in [-0.25, -0.2) is 0 Å². The second-order valence-corrected chi connectivity index (χ2v) is 7.54. The molecule has 0 saturated heterocycles. The van der Waals surface area contributed by atoms with E-state index >= 15 is 0 Å². The maximum Gasteiger partial charge on any atom is 0.127 e. The summed E-state index contributed by atoms with van der Waals surface area (Å²) in [6.07, 6.45) is 1.97. The summed E-state index contributed by atoms with van der Waals surface area (Å²) in [5.41, 5.74) is 7.86. The highest BCUT2D eigenvalue weighted by Gasteiger charge is 2.34. The number of para-hydroxylation sites is 2. The van der Waals surface area contributed by atoms with Gasteiger partial charge in [0.2, 0.25) is 0 Å². The molecule has 0 spiro atoms. The molecule has 0 unspecified atom stereocenters. The smallest absolute Gasteiger partial charge is 0.127 e. The Hall–Kier alpha value is -2.68. The lowest BCUT2D eigenvalue weighted by Gasteiger charge is -2.43. The summed E-state index contributed by atoms with van der Waals surface area (Å²) in [6, 6.07) is 15.0. The van der Waals surface area contributed by atoms with Crippen LogP contribution in [0.25, 0.3) is 10.9 Å². The molecule has 0 radical (unpaired) electrons. The van der Waals surface area contributed by atoms with E-state index in [4.69, 9.17) is 9.98 Å². The van der Waals surface area contributed by atoms with Crippen molar-refractivity contribution < 1.29 is 0 Å². The van der Waals surface area contributed by atoms with Crippen LogP contribution in [-0.4, -0.2) is 22.9 Å². The van der Waals surface area contributed by atoms with Gasteiger partial charge in [0.1, 0.15) is 5.66 Å². The van der Waals surface area contributed by atoms with Gasteiger partial charge in [0.25, 0.3) is 0 Å². The summed E-state index contributed by atoms with van der Waals surface area (Å²) in [7, 11) is 0. The van der Waals surface area contributed by atoms with Crippen LogP contribution in [0.15, 0.2) is 53.7 Å².